The first kappa shape index (κ1) is 16.4. The maximum Gasteiger partial charge on any atom is 0.271 e. The van der Waals surface area contributed by atoms with E-state index in [9.17, 15) is 9.18 Å². The molecule has 1 aromatic heterocycles. The molecule has 0 saturated heterocycles. The van der Waals surface area contributed by atoms with Crippen molar-refractivity contribution in [3.8, 4) is 0 Å². The molecule has 1 saturated carbocycles. The molecule has 1 aromatic carbocycles. The smallest absolute Gasteiger partial charge is 0.271 e. The molecule has 6 heteroatoms. The Labute approximate surface area is 140 Å². The van der Waals surface area contributed by atoms with Crippen LogP contribution < -0.4 is 10.6 Å². The highest BCUT2D eigenvalue weighted by atomic mass is 19.1. The van der Waals surface area contributed by atoms with Gasteiger partial charge in [0, 0.05) is 18.2 Å². The van der Waals surface area contributed by atoms with Gasteiger partial charge in [-0.2, -0.15) is 0 Å². The molecule has 0 radical (unpaired) electrons. The van der Waals surface area contributed by atoms with E-state index in [0.717, 1.165) is 12.8 Å². The lowest BCUT2D eigenvalue weighted by molar-refractivity contribution is 0.0945. The van der Waals surface area contributed by atoms with Crippen LogP contribution in [0.1, 0.15) is 48.2 Å². The summed E-state index contributed by atoms with van der Waals surface area (Å²) < 4.78 is 13.5. The number of nitrogens with one attached hydrogen (secondary N) is 2. The minimum atomic E-state index is -0.366. The number of aromatic nitrogens is 2. The summed E-state index contributed by atoms with van der Waals surface area (Å²) in [6.45, 7) is 0.120. The van der Waals surface area contributed by atoms with Crippen LogP contribution in [0.5, 0.6) is 0 Å². The van der Waals surface area contributed by atoms with Crippen LogP contribution in [0.3, 0.4) is 0 Å². The summed E-state index contributed by atoms with van der Waals surface area (Å²) in [6, 6.07) is 6.79. The van der Waals surface area contributed by atoms with E-state index in [0.29, 0.717) is 17.4 Å². The number of benzene rings is 1. The van der Waals surface area contributed by atoms with Crippen molar-refractivity contribution in [1.82, 2.24) is 15.3 Å². The van der Waals surface area contributed by atoms with Gasteiger partial charge in [0.25, 0.3) is 5.91 Å². The number of anilines is 1. The normalized spacial score (nSPS) is 15.0. The molecule has 0 bridgehead atoms. The van der Waals surface area contributed by atoms with E-state index in [2.05, 4.69) is 20.6 Å². The lowest BCUT2D eigenvalue weighted by atomic mass is 9.96. The van der Waals surface area contributed by atoms with Crippen molar-refractivity contribution in [2.24, 2.45) is 0 Å². The van der Waals surface area contributed by atoms with E-state index in [1.54, 1.807) is 24.4 Å². The van der Waals surface area contributed by atoms with Crippen LogP contribution in [-0.4, -0.2) is 21.9 Å². The summed E-state index contributed by atoms with van der Waals surface area (Å²) in [6.07, 6.45) is 9.09. The molecule has 24 heavy (non-hydrogen) atoms. The second-order valence-corrected chi connectivity index (χ2v) is 6.04. The maximum absolute atomic E-state index is 13.5. The van der Waals surface area contributed by atoms with Crippen LogP contribution in [-0.2, 0) is 6.54 Å². The van der Waals surface area contributed by atoms with Crippen molar-refractivity contribution >= 4 is 11.7 Å². The molecule has 1 fully saturated rings. The minimum Gasteiger partial charge on any atom is -0.366 e. The average molecular weight is 328 g/mol. The molecular formula is C18H21FN4O. The fourth-order valence-electron chi connectivity index (χ4n) is 2.88. The quantitative estimate of drug-likeness (QED) is 0.884. The van der Waals surface area contributed by atoms with Crippen LogP contribution in [0.2, 0.25) is 0 Å². The molecule has 0 aliphatic heterocycles. The van der Waals surface area contributed by atoms with E-state index in [1.165, 1.54) is 31.5 Å². The third-order valence-electron chi connectivity index (χ3n) is 4.24. The fourth-order valence-corrected chi connectivity index (χ4v) is 2.88. The number of rotatable bonds is 5. The first-order chi connectivity index (χ1) is 11.7. The van der Waals surface area contributed by atoms with Crippen molar-refractivity contribution in [1.29, 1.82) is 0 Å². The molecule has 1 aliphatic carbocycles. The monoisotopic (exact) mass is 328 g/mol. The Morgan fingerprint density at radius 2 is 1.92 bits per heavy atom. The predicted molar refractivity (Wildman–Crippen MR) is 90.1 cm³/mol. The fraction of sp³-hybridized carbons (Fsp3) is 0.389. The molecule has 0 atom stereocenters. The largest absolute Gasteiger partial charge is 0.366 e. The maximum atomic E-state index is 13.5. The van der Waals surface area contributed by atoms with E-state index < -0.39 is 0 Å². The van der Waals surface area contributed by atoms with Crippen molar-refractivity contribution in [3.63, 3.8) is 0 Å². The van der Waals surface area contributed by atoms with Gasteiger partial charge >= 0.3 is 0 Å². The van der Waals surface area contributed by atoms with Crippen molar-refractivity contribution in [3.05, 3.63) is 53.7 Å². The number of halogens is 1. The van der Waals surface area contributed by atoms with Gasteiger partial charge in [0.05, 0.1) is 12.4 Å². The number of nitrogens with zero attached hydrogens (tertiary/aromatic N) is 2. The number of hydrogen-bond donors (Lipinski definition) is 2. The predicted octanol–water partition coefficient (Wildman–Crippen LogP) is 3.29. The molecule has 0 spiro atoms. The van der Waals surface area contributed by atoms with Gasteiger partial charge in [0.2, 0.25) is 0 Å². The van der Waals surface area contributed by atoms with Crippen molar-refractivity contribution in [2.45, 2.75) is 44.7 Å². The Balaban J connectivity index is 1.54. The lowest BCUT2D eigenvalue weighted by Gasteiger charge is -2.23. The minimum absolute atomic E-state index is 0.120. The second-order valence-electron chi connectivity index (χ2n) is 6.04. The Morgan fingerprint density at radius 3 is 2.62 bits per heavy atom. The molecule has 0 unspecified atom stereocenters. The van der Waals surface area contributed by atoms with Crippen LogP contribution in [0.25, 0.3) is 0 Å². The number of carbonyl (C=O) groups is 1. The summed E-state index contributed by atoms with van der Waals surface area (Å²) in [4.78, 5) is 20.5. The lowest BCUT2D eigenvalue weighted by Crippen LogP contribution is -2.25. The Bertz CT molecular complexity index is 684. The van der Waals surface area contributed by atoms with Crippen LogP contribution >= 0.6 is 0 Å². The van der Waals surface area contributed by atoms with Crippen LogP contribution in [0.15, 0.2) is 36.7 Å². The van der Waals surface area contributed by atoms with Gasteiger partial charge in [-0.3, -0.25) is 4.79 Å². The summed E-state index contributed by atoms with van der Waals surface area (Å²) >= 11 is 0. The van der Waals surface area contributed by atoms with Crippen LogP contribution in [0, 0.1) is 5.82 Å². The third-order valence-corrected chi connectivity index (χ3v) is 4.24. The third kappa shape index (κ3) is 4.28. The molecule has 1 amide bonds. The second kappa shape index (κ2) is 7.86. The van der Waals surface area contributed by atoms with E-state index in [4.69, 9.17) is 0 Å². The Kier molecular flexibility index (Phi) is 5.36. The highest BCUT2D eigenvalue weighted by Crippen LogP contribution is 2.20. The highest BCUT2D eigenvalue weighted by molar-refractivity contribution is 5.91. The molecule has 2 N–H and O–H groups in total. The van der Waals surface area contributed by atoms with Gasteiger partial charge in [0.1, 0.15) is 17.3 Å². The summed E-state index contributed by atoms with van der Waals surface area (Å²) in [5.41, 5.74) is 0.662. The zero-order valence-electron chi connectivity index (χ0n) is 13.5. The van der Waals surface area contributed by atoms with E-state index in [1.807, 2.05) is 0 Å². The first-order valence-electron chi connectivity index (χ1n) is 8.32. The zero-order chi connectivity index (χ0) is 16.8. The van der Waals surface area contributed by atoms with Crippen molar-refractivity contribution in [2.75, 3.05) is 5.32 Å². The number of carbonyl (C=O) groups excluding carboxylic acids is 1. The van der Waals surface area contributed by atoms with Gasteiger partial charge < -0.3 is 10.6 Å². The topological polar surface area (TPSA) is 66.9 Å². The number of amides is 1. The average Bonchev–Trinajstić information content (AvgIpc) is 2.62. The number of hydrogen-bond acceptors (Lipinski definition) is 4. The molecule has 126 valence electrons. The van der Waals surface area contributed by atoms with Gasteiger partial charge in [-0.05, 0) is 18.9 Å². The van der Waals surface area contributed by atoms with E-state index in [-0.39, 0.29) is 24.0 Å². The molecule has 1 heterocycles. The van der Waals surface area contributed by atoms with Gasteiger partial charge in [0.15, 0.2) is 0 Å². The SMILES string of the molecule is O=C(NCc1ccccc1F)c1cnc(NC2CCCCC2)cn1. The summed E-state index contributed by atoms with van der Waals surface area (Å²) in [7, 11) is 0. The highest BCUT2D eigenvalue weighted by Gasteiger charge is 2.14. The van der Waals surface area contributed by atoms with Crippen LogP contribution in [0.4, 0.5) is 10.2 Å². The first-order valence-corrected chi connectivity index (χ1v) is 8.32. The summed E-state index contributed by atoms with van der Waals surface area (Å²) in [5.74, 6) is -0.0153. The molecule has 2 aromatic rings. The Morgan fingerprint density at radius 1 is 1.12 bits per heavy atom. The zero-order valence-corrected chi connectivity index (χ0v) is 13.5. The van der Waals surface area contributed by atoms with Gasteiger partial charge in [-0.25, -0.2) is 14.4 Å². The molecular weight excluding hydrogens is 307 g/mol. The van der Waals surface area contributed by atoms with Gasteiger partial charge in [-0.1, -0.05) is 37.5 Å². The molecule has 1 aliphatic rings. The van der Waals surface area contributed by atoms with Gasteiger partial charge in [-0.15, -0.1) is 0 Å². The standard InChI is InChI=1S/C18H21FN4O/c19-15-9-5-4-6-13(15)10-22-18(24)16-11-21-17(12-20-16)23-14-7-2-1-3-8-14/h4-6,9,11-12,14H,1-3,7-8,10H2,(H,21,23)(H,22,24). The van der Waals surface area contributed by atoms with E-state index >= 15 is 0 Å². The molecule has 3 rings (SSSR count). The molecule has 5 nitrogen and oxygen atoms in total. The summed E-state index contributed by atoms with van der Waals surface area (Å²) in [5, 5.41) is 6.01. The Hall–Kier alpha value is -2.50. The van der Waals surface area contributed by atoms with Crippen molar-refractivity contribution < 1.29 is 9.18 Å².